The number of aromatic nitrogens is 6. The van der Waals surface area contributed by atoms with Gasteiger partial charge >= 0.3 is 13.4 Å². The van der Waals surface area contributed by atoms with Crippen LogP contribution in [0, 0.1) is 0 Å². The zero-order chi connectivity index (χ0) is 32.2. The van der Waals surface area contributed by atoms with Gasteiger partial charge in [-0.1, -0.05) is 6.58 Å². The molecule has 46 heavy (non-hydrogen) atoms. The van der Waals surface area contributed by atoms with Crippen LogP contribution in [0.4, 0.5) is 11.6 Å². The predicted octanol–water partition coefficient (Wildman–Crippen LogP) is -0.999. The molecule has 24 heteroatoms. The van der Waals surface area contributed by atoms with E-state index in [1.54, 1.807) is 4.57 Å². The lowest BCUT2D eigenvalue weighted by Crippen LogP contribution is -2.46. The van der Waals surface area contributed by atoms with Crippen molar-refractivity contribution in [3.8, 4) is 0 Å². The predicted molar refractivity (Wildman–Crippen MR) is 163 cm³/mol. The molecule has 4 saturated heterocycles. The molecular weight excluding hydrogens is 690 g/mol. The standard InChI is InChI=1S/C22H26N10O10P2S2/c1-8-10-18(30-21(24)29-8)32(6-27-10)20-14-15-22(40-20,3-36-14)4-38-44(35,46)41-13-9(2-37-43(34,45)42-15)39-19(12(13)33)31-7-28-11-16(23)25-5-26-17(11)31/h5-7,9,12-15,19-20,33H,1-4H2,(H,34,45)(H,35,46)(H2,23,25,26)(H3,24,29,30)/t9-,12-,13-,14-,15+,19-,20-,22-,43?,44?/m1/s1. The highest BCUT2D eigenvalue weighted by Crippen LogP contribution is 2.58. The first kappa shape index (κ1) is 30.8. The van der Waals surface area contributed by atoms with E-state index in [1.165, 1.54) is 23.5 Å². The number of fused-ring (bicyclic) bond motifs is 3. The maximum absolute atomic E-state index is 11.4. The first-order valence-corrected chi connectivity index (χ1v) is 18.8. The van der Waals surface area contributed by atoms with Crippen LogP contribution in [-0.2, 0) is 55.9 Å². The second kappa shape index (κ2) is 10.7. The Bertz CT molecular complexity index is 1890. The van der Waals surface area contributed by atoms with Crippen molar-refractivity contribution in [2.45, 2.75) is 48.6 Å². The van der Waals surface area contributed by atoms with Gasteiger partial charge < -0.3 is 54.9 Å². The topological polar surface area (TPSA) is 263 Å². The van der Waals surface area contributed by atoms with Gasteiger partial charge in [-0.2, -0.15) is 4.99 Å². The van der Waals surface area contributed by atoms with Gasteiger partial charge in [0.05, 0.1) is 38.2 Å². The maximum Gasteiger partial charge on any atom is 0.325 e. The van der Waals surface area contributed by atoms with E-state index < -0.39 is 75.2 Å². The highest BCUT2D eigenvalue weighted by molar-refractivity contribution is 8.07. The van der Waals surface area contributed by atoms with Crippen molar-refractivity contribution in [3.63, 3.8) is 0 Å². The molecule has 8 N–H and O–H groups in total. The van der Waals surface area contributed by atoms with E-state index in [0.29, 0.717) is 17.2 Å². The zero-order valence-corrected chi connectivity index (χ0v) is 26.7. The number of rotatable bonds is 2. The minimum absolute atomic E-state index is 0.0847. The molecule has 5 aliphatic heterocycles. The van der Waals surface area contributed by atoms with Crippen LogP contribution >= 0.6 is 13.4 Å². The van der Waals surface area contributed by atoms with Gasteiger partial charge in [0.2, 0.25) is 0 Å². The van der Waals surface area contributed by atoms with Crippen LogP contribution in [0.15, 0.2) is 30.6 Å². The van der Waals surface area contributed by atoms with E-state index in [9.17, 15) is 14.9 Å². The van der Waals surface area contributed by atoms with E-state index in [2.05, 4.69) is 36.8 Å². The lowest BCUT2D eigenvalue weighted by Gasteiger charge is -2.34. The normalized spacial score (nSPS) is 40.8. The zero-order valence-electron chi connectivity index (χ0n) is 23.3. The second-order valence-electron chi connectivity index (χ2n) is 11.0. The Morgan fingerprint density at radius 1 is 1.00 bits per heavy atom. The number of aliphatic hydroxyl groups excluding tert-OH is 1. The minimum atomic E-state index is -4.12. The summed E-state index contributed by atoms with van der Waals surface area (Å²) in [7, 11) is 0. The summed E-state index contributed by atoms with van der Waals surface area (Å²) in [6, 6.07) is 0. The van der Waals surface area contributed by atoms with Crippen LogP contribution in [0.1, 0.15) is 18.1 Å². The summed E-state index contributed by atoms with van der Waals surface area (Å²) in [5, 5.41) is 14.2. The average molecular weight is 717 g/mol. The number of aliphatic hydroxyl groups is 1. The Morgan fingerprint density at radius 3 is 2.61 bits per heavy atom. The van der Waals surface area contributed by atoms with E-state index in [4.69, 9.17) is 67.4 Å². The second-order valence-corrected chi connectivity index (χ2v) is 16.6. The molecule has 2 bridgehead atoms. The minimum Gasteiger partial charge on any atom is -0.386 e. The van der Waals surface area contributed by atoms with Gasteiger partial charge in [0, 0.05) is 0 Å². The van der Waals surface area contributed by atoms with Crippen molar-refractivity contribution < 1.29 is 47.2 Å². The monoisotopic (exact) mass is 716 g/mol. The summed E-state index contributed by atoms with van der Waals surface area (Å²) >= 11 is 10.8. The number of anilines is 1. The molecule has 0 aromatic carbocycles. The van der Waals surface area contributed by atoms with Gasteiger partial charge in [-0.05, 0) is 23.6 Å². The molecular formula is C22H26N10O10P2S2. The summed E-state index contributed by atoms with van der Waals surface area (Å²) in [4.78, 5) is 43.4. The average Bonchev–Trinajstić information content (AvgIpc) is 3.80. The first-order valence-electron chi connectivity index (χ1n) is 13.6. The van der Waals surface area contributed by atoms with Crippen LogP contribution in [0.25, 0.3) is 16.9 Å². The third kappa shape index (κ3) is 4.92. The van der Waals surface area contributed by atoms with Crippen molar-refractivity contribution in [2.75, 3.05) is 25.6 Å². The Hall–Kier alpha value is -2.53. The molecule has 0 amide bonds. The third-order valence-electron chi connectivity index (χ3n) is 8.15. The summed E-state index contributed by atoms with van der Waals surface area (Å²) in [6.45, 7) is -5.19. The van der Waals surface area contributed by atoms with Crippen LogP contribution < -0.4 is 16.8 Å². The number of hydrogen-bond donors (Lipinski definition) is 6. The van der Waals surface area contributed by atoms with Gasteiger partial charge in [0.15, 0.2) is 35.7 Å². The number of ether oxygens (including phenoxy) is 3. The number of nitrogens with two attached hydrogens (primary N) is 2. The number of hydrogen-bond acceptors (Lipinski definition) is 18. The van der Waals surface area contributed by atoms with Crippen LogP contribution in [0.3, 0.4) is 0 Å². The van der Waals surface area contributed by atoms with Gasteiger partial charge in [0.25, 0.3) is 0 Å². The van der Waals surface area contributed by atoms with Crippen LogP contribution in [-0.4, -0.2) is 106 Å². The van der Waals surface area contributed by atoms with Gasteiger partial charge in [-0.15, -0.1) is 0 Å². The van der Waals surface area contributed by atoms with Crippen LogP contribution in [0.2, 0.25) is 0 Å². The van der Waals surface area contributed by atoms with E-state index in [-0.39, 0.29) is 29.5 Å². The molecule has 4 fully saturated rings. The number of nitrogens with zero attached hydrogens (tertiary/aromatic N) is 7. The first-order chi connectivity index (χ1) is 21.8. The number of nitrogen functional groups attached to an aromatic ring is 1. The smallest absolute Gasteiger partial charge is 0.325 e. The molecule has 0 radical (unpaired) electrons. The van der Waals surface area contributed by atoms with E-state index >= 15 is 0 Å². The Morgan fingerprint density at radius 2 is 1.78 bits per heavy atom. The lowest BCUT2D eigenvalue weighted by atomic mass is 10.0. The van der Waals surface area contributed by atoms with Crippen molar-refractivity contribution in [2.24, 2.45) is 10.7 Å². The molecule has 0 spiro atoms. The number of guanidine groups is 1. The number of nitrogens with one attached hydrogen (secondary N) is 1. The lowest BCUT2D eigenvalue weighted by molar-refractivity contribution is -0.184. The third-order valence-corrected chi connectivity index (χ3v) is 11.2. The molecule has 0 aliphatic carbocycles. The Balaban J connectivity index is 1.10. The summed E-state index contributed by atoms with van der Waals surface area (Å²) in [5.41, 5.74) is 11.8. The largest absolute Gasteiger partial charge is 0.386 e. The number of aliphatic imine (C=N–C) groups is 1. The van der Waals surface area contributed by atoms with Gasteiger partial charge in [-0.3, -0.25) is 18.2 Å². The van der Waals surface area contributed by atoms with Crippen molar-refractivity contribution in [1.29, 1.82) is 0 Å². The molecule has 0 saturated carbocycles. The quantitative estimate of drug-likeness (QED) is 0.174. The van der Waals surface area contributed by atoms with Crippen LogP contribution in [0.5, 0.6) is 0 Å². The molecule has 246 valence electrons. The molecule has 10 atom stereocenters. The molecule has 5 aliphatic rings. The molecule has 3 aromatic rings. The Kier molecular flexibility index (Phi) is 7.19. The summed E-state index contributed by atoms with van der Waals surface area (Å²) in [5.74, 6) is 0.569. The highest BCUT2D eigenvalue weighted by atomic mass is 32.5. The maximum atomic E-state index is 11.4. The SMILES string of the molecule is C=C1NC(N)=Nc2c1ncn2[C@@H]1O[C@@]23CO[C@@H]1[C@@H]2OP(O)(=S)OC[C@H]1O[C@@H](n2cnc4c(N)ncnc42)[C@H](O)[C@@H]1OP(O)(=S)OC3. The molecule has 2 unspecified atom stereocenters. The number of imidazole rings is 2. The molecule has 8 rings (SSSR count). The van der Waals surface area contributed by atoms with Crippen molar-refractivity contribution in [3.05, 3.63) is 31.3 Å². The van der Waals surface area contributed by atoms with E-state index in [1.807, 2.05) is 0 Å². The van der Waals surface area contributed by atoms with Gasteiger partial charge in [-0.25, -0.2) is 19.9 Å². The summed E-state index contributed by atoms with van der Waals surface area (Å²) in [6.07, 6.45) is -3.81. The highest BCUT2D eigenvalue weighted by Gasteiger charge is 2.65. The Labute approximate surface area is 268 Å². The fourth-order valence-electron chi connectivity index (χ4n) is 6.08. The molecule has 8 heterocycles. The molecule has 3 aromatic heterocycles. The summed E-state index contributed by atoms with van der Waals surface area (Å²) < 4.78 is 45.0. The molecule has 20 nitrogen and oxygen atoms in total. The van der Waals surface area contributed by atoms with E-state index in [0.717, 1.165) is 0 Å². The van der Waals surface area contributed by atoms with Crippen molar-refractivity contribution >= 4 is 71.5 Å². The van der Waals surface area contributed by atoms with Gasteiger partial charge in [0.1, 0.15) is 53.7 Å². The van der Waals surface area contributed by atoms with Crippen molar-refractivity contribution in [1.82, 2.24) is 34.4 Å². The fraction of sp³-hybridized carbons (Fsp3) is 0.500. The fourth-order valence-corrected chi connectivity index (χ4v) is 9.01.